The maximum atomic E-state index is 6.08. The summed E-state index contributed by atoms with van der Waals surface area (Å²) in [5.41, 5.74) is 10.6. The number of ether oxygens (including phenoxy) is 3. The number of nitrogens with two attached hydrogens (primary N) is 1. The van der Waals surface area contributed by atoms with E-state index in [0.29, 0.717) is 19.1 Å². The molecule has 3 N–H and O–H groups in total. The van der Waals surface area contributed by atoms with Crippen molar-refractivity contribution in [3.05, 3.63) is 53.1 Å². The molecule has 0 aromatic heterocycles. The first kappa shape index (κ1) is 21.0. The van der Waals surface area contributed by atoms with E-state index in [4.69, 9.17) is 19.9 Å². The Morgan fingerprint density at radius 1 is 1.10 bits per heavy atom. The van der Waals surface area contributed by atoms with Gasteiger partial charge in [0, 0.05) is 38.0 Å². The molecule has 0 saturated heterocycles. The highest BCUT2D eigenvalue weighted by molar-refractivity contribution is 5.92. The number of methoxy groups -OCH3 is 3. The van der Waals surface area contributed by atoms with Crippen LogP contribution >= 0.6 is 0 Å². The van der Waals surface area contributed by atoms with Gasteiger partial charge in [-0.15, -0.1) is 0 Å². The third-order valence-corrected chi connectivity index (χ3v) is 5.08. The molecule has 1 heterocycles. The molecule has 0 atom stereocenters. The van der Waals surface area contributed by atoms with Gasteiger partial charge in [0.05, 0.1) is 27.4 Å². The molecule has 7 heteroatoms. The van der Waals surface area contributed by atoms with Crippen LogP contribution in [0.3, 0.4) is 0 Å². The van der Waals surface area contributed by atoms with Crippen LogP contribution in [0.2, 0.25) is 0 Å². The molecule has 0 unspecified atom stereocenters. The average molecular weight is 399 g/mol. The number of hydrogen-bond donors (Lipinski definition) is 2. The molecular weight excluding hydrogens is 368 g/mol. The fraction of sp³-hybridized carbons (Fsp3) is 0.409. The van der Waals surface area contributed by atoms with Crippen LogP contribution in [0.15, 0.2) is 41.4 Å². The second-order valence-corrected chi connectivity index (χ2v) is 6.98. The zero-order valence-corrected chi connectivity index (χ0v) is 17.4. The highest BCUT2D eigenvalue weighted by Crippen LogP contribution is 2.33. The molecule has 2 aromatic carbocycles. The van der Waals surface area contributed by atoms with Crippen molar-refractivity contribution >= 4 is 11.6 Å². The summed E-state index contributed by atoms with van der Waals surface area (Å²) < 4.78 is 16.1. The molecule has 1 aliphatic rings. The number of para-hydroxylation sites is 1. The quantitative estimate of drug-likeness (QED) is 0.526. The molecule has 156 valence electrons. The Hall–Kier alpha value is -2.77. The second-order valence-electron chi connectivity index (χ2n) is 6.98. The minimum atomic E-state index is 0.414. The van der Waals surface area contributed by atoms with Crippen molar-refractivity contribution in [3.63, 3.8) is 0 Å². The van der Waals surface area contributed by atoms with Crippen LogP contribution in [-0.4, -0.2) is 51.8 Å². The van der Waals surface area contributed by atoms with Crippen LogP contribution in [0.4, 0.5) is 5.69 Å². The minimum Gasteiger partial charge on any atom is -0.493 e. The van der Waals surface area contributed by atoms with Crippen LogP contribution in [0.1, 0.15) is 16.7 Å². The van der Waals surface area contributed by atoms with Crippen LogP contribution in [0.5, 0.6) is 11.5 Å². The zero-order valence-electron chi connectivity index (χ0n) is 17.4. The van der Waals surface area contributed by atoms with E-state index in [1.807, 2.05) is 24.3 Å². The molecule has 1 aliphatic heterocycles. The van der Waals surface area contributed by atoms with Crippen molar-refractivity contribution in [1.82, 2.24) is 4.90 Å². The molecule has 0 fully saturated rings. The molecule has 3 rings (SSSR count). The molecule has 29 heavy (non-hydrogen) atoms. The summed E-state index contributed by atoms with van der Waals surface area (Å²) in [7, 11) is 5.01. The predicted octanol–water partition coefficient (Wildman–Crippen LogP) is 2.64. The van der Waals surface area contributed by atoms with Crippen molar-refractivity contribution < 1.29 is 14.2 Å². The van der Waals surface area contributed by atoms with Crippen LogP contribution in [0.25, 0.3) is 0 Å². The van der Waals surface area contributed by atoms with Gasteiger partial charge in [-0.3, -0.25) is 9.89 Å². The van der Waals surface area contributed by atoms with E-state index in [9.17, 15) is 0 Å². The van der Waals surface area contributed by atoms with Gasteiger partial charge in [-0.05, 0) is 35.7 Å². The predicted molar refractivity (Wildman–Crippen MR) is 116 cm³/mol. The molecule has 2 aromatic rings. The Labute approximate surface area is 172 Å². The summed E-state index contributed by atoms with van der Waals surface area (Å²) in [4.78, 5) is 6.87. The van der Waals surface area contributed by atoms with Crippen molar-refractivity contribution in [1.29, 1.82) is 0 Å². The van der Waals surface area contributed by atoms with E-state index in [1.165, 1.54) is 11.1 Å². The van der Waals surface area contributed by atoms with E-state index in [1.54, 1.807) is 21.3 Å². The van der Waals surface area contributed by atoms with E-state index in [0.717, 1.165) is 48.8 Å². The Balaban J connectivity index is 1.56. The van der Waals surface area contributed by atoms with E-state index in [2.05, 4.69) is 27.3 Å². The van der Waals surface area contributed by atoms with Crippen molar-refractivity contribution in [2.24, 2.45) is 10.7 Å². The first-order valence-electron chi connectivity index (χ1n) is 9.74. The summed E-state index contributed by atoms with van der Waals surface area (Å²) in [5, 5.41) is 3.18. The number of anilines is 1. The zero-order chi connectivity index (χ0) is 20.6. The number of hydrogen-bond acceptors (Lipinski definition) is 5. The van der Waals surface area contributed by atoms with Gasteiger partial charge in [0.15, 0.2) is 17.5 Å². The Morgan fingerprint density at radius 2 is 1.83 bits per heavy atom. The van der Waals surface area contributed by atoms with Crippen LogP contribution < -0.4 is 20.5 Å². The van der Waals surface area contributed by atoms with Crippen molar-refractivity contribution in [2.45, 2.75) is 19.6 Å². The minimum absolute atomic E-state index is 0.414. The summed E-state index contributed by atoms with van der Waals surface area (Å²) in [6.07, 6.45) is 0.984. The number of benzene rings is 2. The van der Waals surface area contributed by atoms with Crippen LogP contribution in [0, 0.1) is 0 Å². The lowest BCUT2D eigenvalue weighted by atomic mass is 9.99. The van der Waals surface area contributed by atoms with Gasteiger partial charge in [0.25, 0.3) is 0 Å². The molecule has 7 nitrogen and oxygen atoms in total. The molecule has 0 bridgehead atoms. The fourth-order valence-corrected chi connectivity index (χ4v) is 3.55. The number of fused-ring (bicyclic) bond motifs is 1. The summed E-state index contributed by atoms with van der Waals surface area (Å²) in [6.45, 7) is 3.86. The van der Waals surface area contributed by atoms with Gasteiger partial charge in [0.2, 0.25) is 0 Å². The van der Waals surface area contributed by atoms with Crippen molar-refractivity contribution in [3.8, 4) is 11.5 Å². The van der Waals surface area contributed by atoms with Gasteiger partial charge >= 0.3 is 0 Å². The lowest BCUT2D eigenvalue weighted by Crippen LogP contribution is -2.33. The highest BCUT2D eigenvalue weighted by Gasteiger charge is 2.19. The summed E-state index contributed by atoms with van der Waals surface area (Å²) in [5.74, 6) is 1.98. The van der Waals surface area contributed by atoms with Crippen LogP contribution in [-0.2, 0) is 24.3 Å². The van der Waals surface area contributed by atoms with E-state index < -0.39 is 0 Å². The SMILES string of the molecule is COCc1ccccc1NC(N)=NCCN1CCc2cc(OC)c(OC)cc2C1. The number of guanidine groups is 1. The number of aliphatic imine (C=N–C) groups is 1. The first-order chi connectivity index (χ1) is 14.1. The molecule has 0 saturated carbocycles. The number of nitrogens with one attached hydrogen (secondary N) is 1. The molecule has 0 aliphatic carbocycles. The maximum Gasteiger partial charge on any atom is 0.193 e. The summed E-state index contributed by atoms with van der Waals surface area (Å²) >= 11 is 0. The summed E-state index contributed by atoms with van der Waals surface area (Å²) in [6, 6.07) is 12.1. The van der Waals surface area contributed by atoms with Gasteiger partial charge in [-0.25, -0.2) is 0 Å². The lowest BCUT2D eigenvalue weighted by Gasteiger charge is -2.29. The van der Waals surface area contributed by atoms with E-state index >= 15 is 0 Å². The van der Waals surface area contributed by atoms with Gasteiger partial charge in [-0.2, -0.15) is 0 Å². The second kappa shape index (κ2) is 10.1. The number of nitrogens with zero attached hydrogens (tertiary/aromatic N) is 2. The average Bonchev–Trinajstić information content (AvgIpc) is 2.74. The monoisotopic (exact) mass is 398 g/mol. The third kappa shape index (κ3) is 5.40. The topological polar surface area (TPSA) is 81.3 Å². The van der Waals surface area contributed by atoms with Gasteiger partial charge in [-0.1, -0.05) is 18.2 Å². The van der Waals surface area contributed by atoms with E-state index in [-0.39, 0.29) is 0 Å². The Bertz CT molecular complexity index is 854. The molecular formula is C22H30N4O3. The van der Waals surface area contributed by atoms with Gasteiger partial charge < -0.3 is 25.3 Å². The molecule has 0 amide bonds. The largest absolute Gasteiger partial charge is 0.493 e. The highest BCUT2D eigenvalue weighted by atomic mass is 16.5. The number of rotatable bonds is 8. The Kier molecular flexibility index (Phi) is 7.32. The van der Waals surface area contributed by atoms with Crippen molar-refractivity contribution in [2.75, 3.05) is 46.3 Å². The normalized spacial score (nSPS) is 14.4. The van der Waals surface area contributed by atoms with Gasteiger partial charge in [0.1, 0.15) is 0 Å². The molecule has 0 spiro atoms. The Morgan fingerprint density at radius 3 is 2.55 bits per heavy atom. The smallest absolute Gasteiger partial charge is 0.193 e. The first-order valence-corrected chi connectivity index (χ1v) is 9.74. The third-order valence-electron chi connectivity index (χ3n) is 5.08. The maximum absolute atomic E-state index is 6.08. The standard InChI is InChI=1S/C22H30N4O3/c1-27-15-17-6-4-5-7-19(17)25-22(23)24-9-11-26-10-8-16-12-20(28-2)21(29-3)13-18(16)14-26/h4-7,12-13H,8-11,14-15H2,1-3H3,(H3,23,24,25). The molecule has 0 radical (unpaired) electrons. The fourth-order valence-electron chi connectivity index (χ4n) is 3.55. The lowest BCUT2D eigenvalue weighted by molar-refractivity contribution is 0.185.